The molecule has 1 fully saturated rings. The molecule has 38 heavy (non-hydrogen) atoms. The summed E-state index contributed by atoms with van der Waals surface area (Å²) in [5.74, 6) is 0.974. The number of pyridine rings is 1. The van der Waals surface area contributed by atoms with Crippen molar-refractivity contribution >= 4 is 34.6 Å². The number of hydrogen-bond donors (Lipinski definition) is 2. The molecule has 192 valence electrons. The molecule has 1 aliphatic rings. The zero-order valence-corrected chi connectivity index (χ0v) is 21.4. The summed E-state index contributed by atoms with van der Waals surface area (Å²) in [5.41, 5.74) is 3.16. The van der Waals surface area contributed by atoms with Gasteiger partial charge in [0.05, 0.1) is 16.7 Å². The average molecular weight is 528 g/mol. The van der Waals surface area contributed by atoms with Crippen LogP contribution in [0, 0.1) is 17.0 Å². The van der Waals surface area contributed by atoms with Crippen LogP contribution in [0.25, 0.3) is 11.3 Å². The third-order valence-electron chi connectivity index (χ3n) is 6.34. The second-order valence-corrected chi connectivity index (χ2v) is 9.38. The minimum atomic E-state index is -0.437. The Morgan fingerprint density at radius 2 is 1.97 bits per heavy atom. The first-order valence-electron chi connectivity index (χ1n) is 12.1. The second kappa shape index (κ2) is 10.8. The largest absolute Gasteiger partial charge is 0.459 e. The number of nitro benzene ring substituents is 1. The fourth-order valence-corrected chi connectivity index (χ4v) is 4.90. The van der Waals surface area contributed by atoms with E-state index in [4.69, 9.17) is 16.6 Å². The molecule has 1 aliphatic heterocycles. The number of thiocarbonyl (C=S) groups is 1. The Morgan fingerprint density at radius 3 is 2.74 bits per heavy atom. The standard InChI is InChI=1S/C28H25N5O4S/c1-18-6-4-8-20(16-18)30-25(34)13-15-32-27(26(31-28(32)38)22-10-2-3-14-29-22)24-12-11-23(37-24)19-7-5-9-21(17-19)33(35)36/h2-12,14,16-17,26-27H,13,15H2,1H3,(H,30,34)(H,31,38)/t26-,27+/m0/s1. The van der Waals surface area contributed by atoms with Crippen molar-refractivity contribution in [1.82, 2.24) is 15.2 Å². The number of carbonyl (C=O) groups excluding carboxylic acids is 1. The van der Waals surface area contributed by atoms with Crippen LogP contribution < -0.4 is 10.6 Å². The summed E-state index contributed by atoms with van der Waals surface area (Å²) in [7, 11) is 0. The van der Waals surface area contributed by atoms with Crippen molar-refractivity contribution in [1.29, 1.82) is 0 Å². The summed E-state index contributed by atoms with van der Waals surface area (Å²) in [5, 5.41) is 18.0. The topological polar surface area (TPSA) is 114 Å². The lowest BCUT2D eigenvalue weighted by Crippen LogP contribution is -2.32. The van der Waals surface area contributed by atoms with E-state index in [1.54, 1.807) is 24.4 Å². The van der Waals surface area contributed by atoms with Gasteiger partial charge in [0.25, 0.3) is 5.69 Å². The zero-order chi connectivity index (χ0) is 26.6. The lowest BCUT2D eigenvalue weighted by molar-refractivity contribution is -0.384. The maximum absolute atomic E-state index is 12.8. The van der Waals surface area contributed by atoms with Gasteiger partial charge in [0.2, 0.25) is 5.91 Å². The molecule has 2 N–H and O–H groups in total. The van der Waals surface area contributed by atoms with Crippen molar-refractivity contribution in [3.8, 4) is 11.3 Å². The summed E-state index contributed by atoms with van der Waals surface area (Å²) in [6.45, 7) is 2.32. The molecule has 2 atom stereocenters. The van der Waals surface area contributed by atoms with Gasteiger partial charge >= 0.3 is 0 Å². The summed E-state index contributed by atoms with van der Waals surface area (Å²) >= 11 is 5.68. The van der Waals surface area contributed by atoms with Gasteiger partial charge < -0.3 is 20.0 Å². The van der Waals surface area contributed by atoms with Gasteiger partial charge in [0.1, 0.15) is 17.6 Å². The Bertz CT molecular complexity index is 1490. The third-order valence-corrected chi connectivity index (χ3v) is 6.69. The number of benzene rings is 2. The number of non-ortho nitro benzene ring substituents is 1. The van der Waals surface area contributed by atoms with Gasteiger partial charge in [-0.3, -0.25) is 19.9 Å². The van der Waals surface area contributed by atoms with Crippen molar-refractivity contribution in [2.45, 2.75) is 25.4 Å². The molecule has 5 rings (SSSR count). The maximum Gasteiger partial charge on any atom is 0.270 e. The van der Waals surface area contributed by atoms with Gasteiger partial charge in [0.15, 0.2) is 5.11 Å². The lowest BCUT2D eigenvalue weighted by Gasteiger charge is -2.25. The van der Waals surface area contributed by atoms with Crippen molar-refractivity contribution < 1.29 is 14.1 Å². The zero-order valence-electron chi connectivity index (χ0n) is 20.5. The van der Waals surface area contributed by atoms with E-state index in [0.29, 0.717) is 28.7 Å². The first kappa shape index (κ1) is 25.1. The number of aryl methyl sites for hydroxylation is 1. The Kier molecular flexibility index (Phi) is 7.14. The number of aromatic nitrogens is 1. The molecule has 0 saturated carbocycles. The third kappa shape index (κ3) is 5.40. The molecule has 4 aromatic rings. The van der Waals surface area contributed by atoms with Crippen LogP contribution in [0.4, 0.5) is 11.4 Å². The van der Waals surface area contributed by atoms with E-state index in [0.717, 1.165) is 16.9 Å². The van der Waals surface area contributed by atoms with E-state index in [2.05, 4.69) is 15.6 Å². The normalized spacial score (nSPS) is 16.8. The average Bonchev–Trinajstić information content (AvgIpc) is 3.52. The van der Waals surface area contributed by atoms with Crippen LogP contribution in [0.5, 0.6) is 0 Å². The Morgan fingerprint density at radius 1 is 1.13 bits per heavy atom. The maximum atomic E-state index is 12.8. The molecule has 1 amide bonds. The number of furan rings is 1. The van der Waals surface area contributed by atoms with Crippen molar-refractivity contribution in [3.05, 3.63) is 112 Å². The molecule has 0 bridgehead atoms. The van der Waals surface area contributed by atoms with Gasteiger partial charge in [-0.25, -0.2) is 0 Å². The molecule has 0 aliphatic carbocycles. The van der Waals surface area contributed by atoms with E-state index >= 15 is 0 Å². The van der Waals surface area contributed by atoms with Gasteiger partial charge in [-0.1, -0.05) is 30.3 Å². The monoisotopic (exact) mass is 527 g/mol. The Balaban J connectivity index is 1.41. The van der Waals surface area contributed by atoms with Crippen LogP contribution in [0.2, 0.25) is 0 Å². The van der Waals surface area contributed by atoms with Gasteiger partial charge in [-0.2, -0.15) is 0 Å². The fraction of sp³-hybridized carbons (Fsp3) is 0.179. The first-order chi connectivity index (χ1) is 18.4. The van der Waals surface area contributed by atoms with E-state index < -0.39 is 4.92 Å². The van der Waals surface area contributed by atoms with Gasteiger partial charge in [0, 0.05) is 42.5 Å². The van der Waals surface area contributed by atoms with Crippen LogP contribution in [-0.2, 0) is 4.79 Å². The molecule has 1 saturated heterocycles. The van der Waals surface area contributed by atoms with Gasteiger partial charge in [-0.15, -0.1) is 0 Å². The Hall–Kier alpha value is -4.57. The molecule has 0 unspecified atom stereocenters. The number of hydrogen-bond acceptors (Lipinski definition) is 6. The predicted octanol–water partition coefficient (Wildman–Crippen LogP) is 5.56. The van der Waals surface area contributed by atoms with E-state index in [-0.39, 0.29) is 30.1 Å². The van der Waals surface area contributed by atoms with Crippen LogP contribution in [0.1, 0.15) is 35.5 Å². The quantitative estimate of drug-likeness (QED) is 0.174. The highest BCUT2D eigenvalue weighted by Gasteiger charge is 2.41. The molecular weight excluding hydrogens is 502 g/mol. The molecule has 3 heterocycles. The number of nitro groups is 1. The highest BCUT2D eigenvalue weighted by atomic mass is 32.1. The molecule has 10 heteroatoms. The number of nitrogens with one attached hydrogen (secondary N) is 2. The predicted molar refractivity (Wildman–Crippen MR) is 147 cm³/mol. The second-order valence-electron chi connectivity index (χ2n) is 9.00. The highest BCUT2D eigenvalue weighted by Crippen LogP contribution is 2.40. The molecule has 2 aromatic carbocycles. The number of anilines is 1. The van der Waals surface area contributed by atoms with Crippen LogP contribution in [0.3, 0.4) is 0 Å². The SMILES string of the molecule is Cc1cccc(NC(=O)CCN2C(=S)N[C@@H](c3ccccn3)[C@H]2c2ccc(-c3cccc([N+](=O)[O-])c3)o2)c1. The van der Waals surface area contributed by atoms with Gasteiger partial charge in [-0.05, 0) is 61.1 Å². The minimum absolute atomic E-state index is 0.0169. The van der Waals surface area contributed by atoms with Crippen molar-refractivity contribution in [2.75, 3.05) is 11.9 Å². The number of nitrogens with zero attached hydrogens (tertiary/aromatic N) is 3. The molecule has 2 aromatic heterocycles. The number of rotatable bonds is 8. The summed E-state index contributed by atoms with van der Waals surface area (Å²) in [6.07, 6.45) is 1.92. The molecule has 9 nitrogen and oxygen atoms in total. The van der Waals surface area contributed by atoms with Crippen molar-refractivity contribution in [2.24, 2.45) is 0 Å². The van der Waals surface area contributed by atoms with E-state index in [1.807, 2.05) is 60.4 Å². The van der Waals surface area contributed by atoms with Crippen LogP contribution >= 0.6 is 12.2 Å². The minimum Gasteiger partial charge on any atom is -0.459 e. The van der Waals surface area contributed by atoms with Crippen molar-refractivity contribution in [3.63, 3.8) is 0 Å². The number of carbonyl (C=O) groups is 1. The summed E-state index contributed by atoms with van der Waals surface area (Å²) in [6, 6.07) is 22.5. The number of amides is 1. The van der Waals surface area contributed by atoms with E-state index in [1.165, 1.54) is 12.1 Å². The Labute approximate surface area is 224 Å². The molecule has 0 radical (unpaired) electrons. The molecule has 0 spiro atoms. The van der Waals surface area contributed by atoms with Crippen LogP contribution in [0.15, 0.2) is 89.5 Å². The highest BCUT2D eigenvalue weighted by molar-refractivity contribution is 7.80. The molecular formula is C28H25N5O4S. The van der Waals surface area contributed by atoms with Crippen LogP contribution in [-0.4, -0.2) is 32.4 Å². The summed E-state index contributed by atoms with van der Waals surface area (Å²) in [4.78, 5) is 30.0. The fourth-order valence-electron chi connectivity index (χ4n) is 4.56. The summed E-state index contributed by atoms with van der Waals surface area (Å²) < 4.78 is 6.24. The smallest absolute Gasteiger partial charge is 0.270 e. The van der Waals surface area contributed by atoms with E-state index in [9.17, 15) is 14.9 Å². The first-order valence-corrected chi connectivity index (χ1v) is 12.5. The lowest BCUT2D eigenvalue weighted by atomic mass is 10.0.